The zero-order valence-corrected chi connectivity index (χ0v) is 18.8. The van der Waals surface area contributed by atoms with Crippen LogP contribution in [0.1, 0.15) is 23.2 Å². The van der Waals surface area contributed by atoms with E-state index in [2.05, 4.69) is 5.32 Å². The van der Waals surface area contributed by atoms with Crippen molar-refractivity contribution in [1.29, 1.82) is 0 Å². The summed E-state index contributed by atoms with van der Waals surface area (Å²) < 4.78 is 28.0. The van der Waals surface area contributed by atoms with Crippen LogP contribution < -0.4 is 5.32 Å². The highest BCUT2D eigenvalue weighted by Gasteiger charge is 2.27. The number of amides is 1. The van der Waals surface area contributed by atoms with Gasteiger partial charge in [-0.2, -0.15) is 4.31 Å². The number of nitrogens with one attached hydrogen (secondary N) is 1. The van der Waals surface area contributed by atoms with Gasteiger partial charge in [-0.05, 0) is 61.4 Å². The number of aromatic nitrogens is 1. The van der Waals surface area contributed by atoms with E-state index in [1.807, 2.05) is 48.5 Å². The molecule has 162 valence electrons. The number of hydrogen-bond donors (Lipinski definition) is 1. The molecule has 5 rings (SSSR count). The second-order valence-corrected chi connectivity index (χ2v) is 10.6. The fraction of sp³-hybridized carbons (Fsp3) is 0.167. The molecule has 1 N–H and O–H groups in total. The van der Waals surface area contributed by atoms with Gasteiger partial charge in [0.05, 0.1) is 20.8 Å². The lowest BCUT2D eigenvalue weighted by Crippen LogP contribution is -2.27. The molecule has 8 heteroatoms. The topological polar surface area (TPSA) is 79.4 Å². The molecule has 1 fully saturated rings. The van der Waals surface area contributed by atoms with Crippen LogP contribution in [0.15, 0.2) is 77.7 Å². The maximum absolute atomic E-state index is 12.9. The summed E-state index contributed by atoms with van der Waals surface area (Å²) in [7, 11) is -3.50. The number of sulfonamides is 1. The molecule has 1 aliphatic rings. The van der Waals surface area contributed by atoms with E-state index in [0.717, 1.165) is 33.6 Å². The average molecular weight is 464 g/mol. The molecule has 0 saturated carbocycles. The van der Waals surface area contributed by atoms with Crippen LogP contribution in [-0.4, -0.2) is 36.7 Å². The Bertz CT molecular complexity index is 1360. The van der Waals surface area contributed by atoms with Crippen LogP contribution in [0.5, 0.6) is 0 Å². The van der Waals surface area contributed by atoms with Crippen LogP contribution in [0.25, 0.3) is 20.8 Å². The quantitative estimate of drug-likeness (QED) is 0.452. The first-order valence-corrected chi connectivity index (χ1v) is 12.6. The maximum atomic E-state index is 12.9. The summed E-state index contributed by atoms with van der Waals surface area (Å²) in [5.41, 5.74) is 2.81. The number of carbonyl (C=O) groups excluding carboxylic acids is 1. The summed E-state index contributed by atoms with van der Waals surface area (Å²) in [5.74, 6) is -0.302. The molecule has 0 aliphatic carbocycles. The van der Waals surface area contributed by atoms with Gasteiger partial charge < -0.3 is 5.32 Å². The van der Waals surface area contributed by atoms with Gasteiger partial charge >= 0.3 is 0 Å². The molecule has 1 aliphatic heterocycles. The third kappa shape index (κ3) is 3.92. The van der Waals surface area contributed by atoms with Gasteiger partial charge in [0.2, 0.25) is 10.0 Å². The van der Waals surface area contributed by atoms with Gasteiger partial charge in [-0.25, -0.2) is 13.4 Å². The van der Waals surface area contributed by atoms with Gasteiger partial charge in [-0.3, -0.25) is 4.79 Å². The van der Waals surface area contributed by atoms with E-state index in [4.69, 9.17) is 4.98 Å². The largest absolute Gasteiger partial charge is 0.321 e. The standard InChI is InChI=1S/C24H21N3O3S2/c28-23(17-11-13-18(14-12-17)32(29,30)27-15-5-6-16-27)25-20-8-2-1-7-19(20)24-26-21-9-3-4-10-22(21)31-24/h1-4,7-14H,5-6,15-16H2,(H,25,28). The van der Waals surface area contributed by atoms with E-state index < -0.39 is 10.0 Å². The molecule has 1 aromatic heterocycles. The maximum Gasteiger partial charge on any atom is 0.255 e. The summed E-state index contributed by atoms with van der Waals surface area (Å²) in [4.78, 5) is 17.8. The van der Waals surface area contributed by atoms with Crippen molar-refractivity contribution in [2.75, 3.05) is 18.4 Å². The molecule has 0 spiro atoms. The van der Waals surface area contributed by atoms with Gasteiger partial charge in [0.1, 0.15) is 5.01 Å². The van der Waals surface area contributed by atoms with Crippen molar-refractivity contribution in [3.63, 3.8) is 0 Å². The molecular formula is C24H21N3O3S2. The number of carbonyl (C=O) groups is 1. The molecule has 0 unspecified atom stereocenters. The Kier molecular flexibility index (Phi) is 5.50. The Morgan fingerprint density at radius 2 is 1.59 bits per heavy atom. The first-order valence-electron chi connectivity index (χ1n) is 10.4. The number of benzene rings is 3. The second kappa shape index (κ2) is 8.46. The van der Waals surface area contributed by atoms with Crippen molar-refractivity contribution in [3.8, 4) is 10.6 Å². The molecule has 6 nitrogen and oxygen atoms in total. The van der Waals surface area contributed by atoms with Crippen LogP contribution >= 0.6 is 11.3 Å². The molecular weight excluding hydrogens is 442 g/mol. The second-order valence-electron chi connectivity index (χ2n) is 7.62. The van der Waals surface area contributed by atoms with Gasteiger partial charge in [0.15, 0.2) is 0 Å². The van der Waals surface area contributed by atoms with E-state index in [9.17, 15) is 13.2 Å². The van der Waals surface area contributed by atoms with E-state index in [-0.39, 0.29) is 10.8 Å². The smallest absolute Gasteiger partial charge is 0.255 e. The fourth-order valence-electron chi connectivity index (χ4n) is 3.82. The Labute approximate surface area is 190 Å². The molecule has 1 amide bonds. The first kappa shape index (κ1) is 20.8. The lowest BCUT2D eigenvalue weighted by Gasteiger charge is -2.15. The molecule has 2 heterocycles. The van der Waals surface area contributed by atoms with E-state index >= 15 is 0 Å². The Morgan fingerprint density at radius 3 is 2.34 bits per heavy atom. The van der Waals surface area contributed by atoms with Crippen molar-refractivity contribution in [1.82, 2.24) is 9.29 Å². The SMILES string of the molecule is O=C(Nc1ccccc1-c1nc2ccccc2s1)c1ccc(S(=O)(=O)N2CCCC2)cc1. The summed E-state index contributed by atoms with van der Waals surface area (Å²) in [5, 5.41) is 3.78. The monoisotopic (exact) mass is 463 g/mol. The number of anilines is 1. The number of nitrogens with zero attached hydrogens (tertiary/aromatic N) is 2. The third-order valence-corrected chi connectivity index (χ3v) is 8.50. The molecule has 0 atom stereocenters. The summed E-state index contributed by atoms with van der Waals surface area (Å²) in [6.45, 7) is 1.10. The van der Waals surface area contributed by atoms with Crippen LogP contribution in [0, 0.1) is 0 Å². The van der Waals surface area contributed by atoms with Gasteiger partial charge in [-0.15, -0.1) is 11.3 Å². The Balaban J connectivity index is 1.39. The van der Waals surface area contributed by atoms with E-state index in [0.29, 0.717) is 24.3 Å². The molecule has 4 aromatic rings. The minimum absolute atomic E-state index is 0.214. The highest BCUT2D eigenvalue weighted by atomic mass is 32.2. The lowest BCUT2D eigenvalue weighted by molar-refractivity contribution is 0.102. The lowest BCUT2D eigenvalue weighted by atomic mass is 10.1. The number of fused-ring (bicyclic) bond motifs is 1. The zero-order valence-electron chi connectivity index (χ0n) is 17.2. The van der Waals surface area contributed by atoms with Crippen LogP contribution in [0.3, 0.4) is 0 Å². The third-order valence-electron chi connectivity index (χ3n) is 5.52. The van der Waals surface area contributed by atoms with Crippen molar-refractivity contribution in [2.45, 2.75) is 17.7 Å². The highest BCUT2D eigenvalue weighted by molar-refractivity contribution is 7.89. The Morgan fingerprint density at radius 1 is 0.906 bits per heavy atom. The summed E-state index contributed by atoms with van der Waals surface area (Å²) in [6, 6.07) is 21.6. The zero-order chi connectivity index (χ0) is 22.1. The molecule has 0 bridgehead atoms. The summed E-state index contributed by atoms with van der Waals surface area (Å²) >= 11 is 1.57. The van der Waals surface area contributed by atoms with Gasteiger partial charge in [0.25, 0.3) is 5.91 Å². The fourth-order valence-corrected chi connectivity index (χ4v) is 6.34. The molecule has 3 aromatic carbocycles. The van der Waals surface area contributed by atoms with Crippen LogP contribution in [0.2, 0.25) is 0 Å². The number of para-hydroxylation sites is 2. The number of rotatable bonds is 5. The number of thiazole rings is 1. The minimum Gasteiger partial charge on any atom is -0.321 e. The highest BCUT2D eigenvalue weighted by Crippen LogP contribution is 2.34. The van der Waals surface area contributed by atoms with Crippen molar-refractivity contribution < 1.29 is 13.2 Å². The summed E-state index contributed by atoms with van der Waals surface area (Å²) in [6.07, 6.45) is 1.77. The Hall–Kier alpha value is -3.07. The van der Waals surface area contributed by atoms with Gasteiger partial charge in [-0.1, -0.05) is 24.3 Å². The predicted octanol–water partition coefficient (Wildman–Crippen LogP) is 5.00. The predicted molar refractivity (Wildman–Crippen MR) is 127 cm³/mol. The normalized spacial score (nSPS) is 14.6. The van der Waals surface area contributed by atoms with E-state index in [1.165, 1.54) is 16.4 Å². The molecule has 1 saturated heterocycles. The van der Waals surface area contributed by atoms with Crippen LogP contribution in [0.4, 0.5) is 5.69 Å². The van der Waals surface area contributed by atoms with Crippen molar-refractivity contribution in [3.05, 3.63) is 78.4 Å². The van der Waals surface area contributed by atoms with Gasteiger partial charge in [0, 0.05) is 24.2 Å². The van der Waals surface area contributed by atoms with Crippen molar-refractivity contribution >= 4 is 43.2 Å². The molecule has 0 radical (unpaired) electrons. The number of hydrogen-bond acceptors (Lipinski definition) is 5. The van der Waals surface area contributed by atoms with E-state index in [1.54, 1.807) is 23.5 Å². The minimum atomic E-state index is -3.50. The average Bonchev–Trinajstić information content (AvgIpc) is 3.50. The van der Waals surface area contributed by atoms with Crippen molar-refractivity contribution in [2.24, 2.45) is 0 Å². The molecule has 32 heavy (non-hydrogen) atoms. The first-order chi connectivity index (χ1) is 15.5. The van der Waals surface area contributed by atoms with Crippen LogP contribution in [-0.2, 0) is 10.0 Å².